The maximum Gasteiger partial charge on any atom is 0.303 e. The first-order valence-corrected chi connectivity index (χ1v) is 5.96. The Kier molecular flexibility index (Phi) is 3.52. The molecule has 0 saturated heterocycles. The number of benzene rings is 1. The summed E-state index contributed by atoms with van der Waals surface area (Å²) in [5.41, 5.74) is 3.39. The number of hydrogen-bond donors (Lipinski definition) is 2. The van der Waals surface area contributed by atoms with Crippen LogP contribution in [0, 0.1) is 0 Å². The van der Waals surface area contributed by atoms with E-state index in [1.165, 1.54) is 5.69 Å². The number of aliphatic carboxylic acids is 1. The number of anilines is 2. The van der Waals surface area contributed by atoms with Gasteiger partial charge < -0.3 is 15.3 Å². The van der Waals surface area contributed by atoms with Crippen LogP contribution in [0.5, 0.6) is 0 Å². The normalized spacial score (nSPS) is 14.8. The molecule has 4 heteroatoms. The van der Waals surface area contributed by atoms with Crippen LogP contribution in [0.2, 0.25) is 0 Å². The van der Waals surface area contributed by atoms with Gasteiger partial charge in [-0.3, -0.25) is 4.79 Å². The monoisotopic (exact) mass is 234 g/mol. The van der Waals surface area contributed by atoms with Gasteiger partial charge in [-0.05, 0) is 30.5 Å². The summed E-state index contributed by atoms with van der Waals surface area (Å²) in [6.45, 7) is 2.02. The van der Waals surface area contributed by atoms with E-state index in [2.05, 4.69) is 29.4 Å². The first-order chi connectivity index (χ1) is 8.16. The first-order valence-electron chi connectivity index (χ1n) is 5.96. The molecular weight excluding hydrogens is 216 g/mol. The highest BCUT2D eigenvalue weighted by Gasteiger charge is 2.12. The molecule has 0 saturated carbocycles. The van der Waals surface area contributed by atoms with Gasteiger partial charge in [0, 0.05) is 26.6 Å². The molecule has 0 radical (unpaired) electrons. The lowest BCUT2D eigenvalue weighted by Gasteiger charge is -2.19. The Labute approximate surface area is 101 Å². The predicted molar refractivity (Wildman–Crippen MR) is 68.8 cm³/mol. The molecule has 0 unspecified atom stereocenters. The number of carboxylic acids is 1. The number of nitrogens with zero attached hydrogens (tertiary/aromatic N) is 1. The fourth-order valence-corrected chi connectivity index (χ4v) is 2.12. The minimum Gasteiger partial charge on any atom is -0.481 e. The predicted octanol–water partition coefficient (Wildman–Crippen LogP) is 1.96. The Morgan fingerprint density at radius 2 is 2.35 bits per heavy atom. The lowest BCUT2D eigenvalue weighted by Crippen LogP contribution is -2.17. The zero-order valence-corrected chi connectivity index (χ0v) is 10.1. The summed E-state index contributed by atoms with van der Waals surface area (Å²) in [4.78, 5) is 12.8. The molecule has 1 aromatic rings. The highest BCUT2D eigenvalue weighted by atomic mass is 16.4. The van der Waals surface area contributed by atoms with Gasteiger partial charge in [0.1, 0.15) is 0 Å². The van der Waals surface area contributed by atoms with Crippen molar-refractivity contribution in [2.24, 2.45) is 0 Å². The van der Waals surface area contributed by atoms with Gasteiger partial charge in [0.15, 0.2) is 0 Å². The zero-order chi connectivity index (χ0) is 12.3. The van der Waals surface area contributed by atoms with Crippen molar-refractivity contribution in [1.82, 2.24) is 0 Å². The van der Waals surface area contributed by atoms with Crippen LogP contribution in [-0.4, -0.2) is 31.2 Å². The summed E-state index contributed by atoms with van der Waals surface area (Å²) >= 11 is 0. The molecule has 4 nitrogen and oxygen atoms in total. The fraction of sp³-hybridized carbons (Fsp3) is 0.462. The Bertz CT molecular complexity index is 418. The summed E-state index contributed by atoms with van der Waals surface area (Å²) in [5, 5.41) is 12.1. The van der Waals surface area contributed by atoms with Gasteiger partial charge in [-0.15, -0.1) is 0 Å². The Morgan fingerprint density at radius 3 is 3.12 bits per heavy atom. The molecule has 0 fully saturated rings. The molecule has 2 N–H and O–H groups in total. The average molecular weight is 234 g/mol. The van der Waals surface area contributed by atoms with Gasteiger partial charge in [0.2, 0.25) is 0 Å². The molecule has 1 heterocycles. The number of nitrogens with one attached hydrogen (secondary N) is 1. The zero-order valence-electron chi connectivity index (χ0n) is 10.1. The number of rotatable bonds is 3. The van der Waals surface area contributed by atoms with E-state index >= 15 is 0 Å². The van der Waals surface area contributed by atoms with Gasteiger partial charge in [0.05, 0.1) is 11.4 Å². The van der Waals surface area contributed by atoms with E-state index in [4.69, 9.17) is 5.11 Å². The van der Waals surface area contributed by atoms with Crippen molar-refractivity contribution in [3.8, 4) is 0 Å². The van der Waals surface area contributed by atoms with Crippen molar-refractivity contribution in [3.63, 3.8) is 0 Å². The van der Waals surface area contributed by atoms with Gasteiger partial charge in [0.25, 0.3) is 0 Å². The largest absolute Gasteiger partial charge is 0.481 e. The van der Waals surface area contributed by atoms with Crippen molar-refractivity contribution < 1.29 is 9.90 Å². The van der Waals surface area contributed by atoms with E-state index in [0.29, 0.717) is 6.42 Å². The van der Waals surface area contributed by atoms with Gasteiger partial charge in [-0.25, -0.2) is 0 Å². The number of fused-ring (bicyclic) bond motifs is 1. The quantitative estimate of drug-likeness (QED) is 0.839. The molecule has 0 spiro atoms. The van der Waals surface area contributed by atoms with Crippen LogP contribution in [0.4, 0.5) is 11.4 Å². The van der Waals surface area contributed by atoms with Crippen LogP contribution in [-0.2, 0) is 11.2 Å². The van der Waals surface area contributed by atoms with E-state index in [9.17, 15) is 4.79 Å². The third-order valence-corrected chi connectivity index (χ3v) is 3.09. The van der Waals surface area contributed by atoms with E-state index in [1.807, 2.05) is 6.07 Å². The molecule has 92 valence electrons. The molecule has 0 aliphatic carbocycles. The van der Waals surface area contributed by atoms with Crippen molar-refractivity contribution in [2.75, 3.05) is 30.4 Å². The maximum atomic E-state index is 10.5. The molecule has 0 atom stereocenters. The van der Waals surface area contributed by atoms with Crippen LogP contribution >= 0.6 is 0 Å². The van der Waals surface area contributed by atoms with Gasteiger partial charge in [-0.2, -0.15) is 0 Å². The SMILES string of the molecule is CN1CCCNc2cc(CCC(=O)O)ccc21. The van der Waals surface area contributed by atoms with Crippen molar-refractivity contribution in [1.29, 1.82) is 0 Å². The van der Waals surface area contributed by atoms with E-state index in [-0.39, 0.29) is 6.42 Å². The fourth-order valence-electron chi connectivity index (χ4n) is 2.12. The number of aryl methyl sites for hydroxylation is 1. The highest BCUT2D eigenvalue weighted by Crippen LogP contribution is 2.28. The minimum absolute atomic E-state index is 0.189. The third-order valence-electron chi connectivity index (χ3n) is 3.09. The van der Waals surface area contributed by atoms with Crippen molar-refractivity contribution in [3.05, 3.63) is 23.8 Å². The second-order valence-corrected chi connectivity index (χ2v) is 4.45. The second kappa shape index (κ2) is 5.08. The summed E-state index contributed by atoms with van der Waals surface area (Å²) in [6, 6.07) is 6.16. The average Bonchev–Trinajstić information content (AvgIpc) is 2.49. The lowest BCUT2D eigenvalue weighted by molar-refractivity contribution is -0.136. The highest BCUT2D eigenvalue weighted by molar-refractivity contribution is 5.72. The van der Waals surface area contributed by atoms with Crippen LogP contribution in [0.15, 0.2) is 18.2 Å². The van der Waals surface area contributed by atoms with Crippen LogP contribution in [0.1, 0.15) is 18.4 Å². The number of hydrogen-bond acceptors (Lipinski definition) is 3. The van der Waals surface area contributed by atoms with Crippen LogP contribution < -0.4 is 10.2 Å². The summed E-state index contributed by atoms with van der Waals surface area (Å²) in [5.74, 6) is -0.745. The topological polar surface area (TPSA) is 52.6 Å². The molecule has 1 aromatic carbocycles. The Morgan fingerprint density at radius 1 is 1.53 bits per heavy atom. The van der Waals surface area contributed by atoms with E-state index < -0.39 is 5.97 Å². The Hall–Kier alpha value is -1.71. The molecule has 0 bridgehead atoms. The summed E-state index contributed by atoms with van der Waals surface area (Å²) < 4.78 is 0. The number of carboxylic acid groups (broad SMARTS) is 1. The molecule has 0 amide bonds. The van der Waals surface area contributed by atoms with Crippen LogP contribution in [0.25, 0.3) is 0 Å². The van der Waals surface area contributed by atoms with Gasteiger partial charge >= 0.3 is 5.97 Å². The second-order valence-electron chi connectivity index (χ2n) is 4.45. The van der Waals surface area contributed by atoms with Crippen molar-refractivity contribution >= 4 is 17.3 Å². The maximum absolute atomic E-state index is 10.5. The lowest BCUT2D eigenvalue weighted by atomic mass is 10.1. The van der Waals surface area contributed by atoms with E-state index in [1.54, 1.807) is 0 Å². The minimum atomic E-state index is -0.745. The Balaban J connectivity index is 2.17. The molecule has 17 heavy (non-hydrogen) atoms. The summed E-state index contributed by atoms with van der Waals surface area (Å²) in [7, 11) is 2.09. The third kappa shape index (κ3) is 2.90. The standard InChI is InChI=1S/C13H18N2O2/c1-15-8-2-7-14-11-9-10(3-5-12(11)15)4-6-13(16)17/h3,5,9,14H,2,4,6-8H2,1H3,(H,16,17). The van der Waals surface area contributed by atoms with Crippen molar-refractivity contribution in [2.45, 2.75) is 19.3 Å². The van der Waals surface area contributed by atoms with E-state index in [0.717, 1.165) is 30.8 Å². The van der Waals surface area contributed by atoms with Crippen LogP contribution in [0.3, 0.4) is 0 Å². The molecule has 2 rings (SSSR count). The molecule has 1 aliphatic heterocycles. The number of carbonyl (C=O) groups is 1. The smallest absolute Gasteiger partial charge is 0.303 e. The first kappa shape index (κ1) is 11.8. The molecule has 0 aromatic heterocycles. The van der Waals surface area contributed by atoms with Gasteiger partial charge in [-0.1, -0.05) is 6.07 Å². The summed E-state index contributed by atoms with van der Waals surface area (Å²) in [6.07, 6.45) is 1.90. The molecular formula is C13H18N2O2. The molecule has 1 aliphatic rings.